The minimum absolute atomic E-state index is 0.398. The van der Waals surface area contributed by atoms with Gasteiger partial charge in [-0.25, -0.2) is 0 Å². The molecule has 2 aliphatic rings. The number of hydrogen-bond donors (Lipinski definition) is 1. The highest BCUT2D eigenvalue weighted by molar-refractivity contribution is 6.08. The number of H-pyrrole nitrogens is 1. The Kier molecular flexibility index (Phi) is 8.84. The Bertz CT molecular complexity index is 3920. The average molecular weight is 877 g/mol. The third kappa shape index (κ3) is 6.12. The molecular formula is C67H44N2. The Morgan fingerprint density at radius 3 is 1.14 bits per heavy atom. The highest BCUT2D eigenvalue weighted by Crippen LogP contribution is 2.63. The number of nitrogens with zero attached hydrogens (tertiary/aromatic N) is 1. The summed E-state index contributed by atoms with van der Waals surface area (Å²) in [7, 11) is 0. The highest BCUT2D eigenvalue weighted by atomic mass is 15.1. The van der Waals surface area contributed by atoms with Crippen LogP contribution in [0.15, 0.2) is 261 Å². The maximum Gasteiger partial charge on any atom is 0.0725 e. The van der Waals surface area contributed by atoms with Crippen LogP contribution in [0.3, 0.4) is 0 Å². The summed E-state index contributed by atoms with van der Waals surface area (Å²) in [6.07, 6.45) is 0. The molecule has 0 amide bonds. The third-order valence-corrected chi connectivity index (χ3v) is 14.9. The van der Waals surface area contributed by atoms with E-state index in [9.17, 15) is 0 Å². The van der Waals surface area contributed by atoms with Crippen LogP contribution >= 0.6 is 0 Å². The Balaban J connectivity index is 0.841. The standard InChI is InChI=1S/C67H44N2/c1-3-13-44(14-4-1)46-23-32-52(33-24-46)69(54-36-27-48(28-37-54)51-29-38-58-57-19-9-12-22-65(57)68-66(58)43-51)53-34-25-47(26-35-53)50-31-40-64-60(42-50)56-18-8-11-21-62(56)67(64)61-20-10-7-17-55(61)59-41-49(30-39-63(59)67)45-15-5-2-6-16-45/h1-43,68H. The zero-order chi connectivity index (χ0) is 45.5. The zero-order valence-corrected chi connectivity index (χ0v) is 37.8. The van der Waals surface area contributed by atoms with E-state index in [4.69, 9.17) is 0 Å². The van der Waals surface area contributed by atoms with E-state index in [1.54, 1.807) is 0 Å². The van der Waals surface area contributed by atoms with Crippen LogP contribution in [0.1, 0.15) is 22.3 Å². The summed E-state index contributed by atoms with van der Waals surface area (Å²) in [5.41, 5.74) is 25.5. The number of rotatable bonds is 7. The average Bonchev–Trinajstić information content (AvgIpc) is 4.05. The van der Waals surface area contributed by atoms with E-state index in [1.165, 1.54) is 99.8 Å². The molecule has 2 heteroatoms. The van der Waals surface area contributed by atoms with Gasteiger partial charge in [-0.15, -0.1) is 0 Å². The Hall–Kier alpha value is -8.98. The number of aromatic nitrogens is 1. The second kappa shape index (κ2) is 15.6. The Morgan fingerprint density at radius 1 is 0.246 bits per heavy atom. The van der Waals surface area contributed by atoms with Crippen molar-refractivity contribution >= 4 is 38.9 Å². The number of hydrogen-bond acceptors (Lipinski definition) is 1. The first-order valence-corrected chi connectivity index (χ1v) is 23.9. The lowest BCUT2D eigenvalue weighted by Crippen LogP contribution is -2.25. The highest BCUT2D eigenvalue weighted by Gasteiger charge is 2.51. The van der Waals surface area contributed by atoms with Gasteiger partial charge in [-0.2, -0.15) is 0 Å². The second-order valence-electron chi connectivity index (χ2n) is 18.5. The molecule has 0 radical (unpaired) electrons. The van der Waals surface area contributed by atoms with Gasteiger partial charge in [-0.3, -0.25) is 0 Å². The van der Waals surface area contributed by atoms with Gasteiger partial charge in [-0.05, 0) is 150 Å². The van der Waals surface area contributed by atoms with Crippen LogP contribution < -0.4 is 4.90 Å². The van der Waals surface area contributed by atoms with Gasteiger partial charge < -0.3 is 9.88 Å². The van der Waals surface area contributed by atoms with Crippen LogP contribution in [0, 0.1) is 0 Å². The topological polar surface area (TPSA) is 19.0 Å². The van der Waals surface area contributed by atoms with E-state index in [2.05, 4.69) is 271 Å². The van der Waals surface area contributed by atoms with E-state index in [1.807, 2.05) is 0 Å². The first-order valence-electron chi connectivity index (χ1n) is 23.9. The van der Waals surface area contributed by atoms with Crippen molar-refractivity contribution in [2.75, 3.05) is 4.90 Å². The monoisotopic (exact) mass is 876 g/mol. The van der Waals surface area contributed by atoms with Gasteiger partial charge in [0.1, 0.15) is 0 Å². The van der Waals surface area contributed by atoms with Crippen molar-refractivity contribution in [1.29, 1.82) is 0 Å². The molecule has 69 heavy (non-hydrogen) atoms. The number of aromatic amines is 1. The van der Waals surface area contributed by atoms with Gasteiger partial charge in [0, 0.05) is 38.9 Å². The molecule has 1 aromatic heterocycles. The SMILES string of the molecule is c1ccc(-c2ccc(N(c3ccc(-c4ccc5c(c4)-c4ccccc4C54c5ccccc5-c5cc(-c6ccccc6)ccc54)cc3)c3ccc(-c4ccc5c(c4)[nH]c4ccccc45)cc3)cc2)cc1. The van der Waals surface area contributed by atoms with E-state index >= 15 is 0 Å². The molecule has 2 nitrogen and oxygen atoms in total. The fourth-order valence-corrected chi connectivity index (χ4v) is 11.7. The first kappa shape index (κ1) is 39.2. The molecule has 1 atom stereocenters. The van der Waals surface area contributed by atoms with Gasteiger partial charge >= 0.3 is 0 Å². The van der Waals surface area contributed by atoms with Crippen molar-refractivity contribution in [2.45, 2.75) is 5.41 Å². The summed E-state index contributed by atoms with van der Waals surface area (Å²) >= 11 is 0. The molecule has 0 bridgehead atoms. The summed E-state index contributed by atoms with van der Waals surface area (Å²) in [5, 5.41) is 2.50. The van der Waals surface area contributed by atoms with E-state index in [-0.39, 0.29) is 0 Å². The maximum atomic E-state index is 3.63. The molecule has 12 aromatic rings. The van der Waals surface area contributed by atoms with Crippen LogP contribution in [0.25, 0.3) is 88.6 Å². The molecule has 14 rings (SSSR count). The van der Waals surface area contributed by atoms with Crippen molar-refractivity contribution in [2.24, 2.45) is 0 Å². The fourth-order valence-electron chi connectivity index (χ4n) is 11.7. The van der Waals surface area contributed by atoms with Crippen LogP contribution in [0.2, 0.25) is 0 Å². The number of nitrogens with one attached hydrogen (secondary N) is 1. The summed E-state index contributed by atoms with van der Waals surface area (Å²) in [4.78, 5) is 5.99. The van der Waals surface area contributed by atoms with Crippen LogP contribution in [-0.4, -0.2) is 4.98 Å². The lowest BCUT2D eigenvalue weighted by molar-refractivity contribution is 0.794. The lowest BCUT2D eigenvalue weighted by Gasteiger charge is -2.30. The van der Waals surface area contributed by atoms with E-state index < -0.39 is 5.41 Å². The quantitative estimate of drug-likeness (QED) is 0.169. The molecule has 0 aliphatic heterocycles. The van der Waals surface area contributed by atoms with Gasteiger partial charge in [0.25, 0.3) is 0 Å². The van der Waals surface area contributed by atoms with Crippen molar-refractivity contribution < 1.29 is 0 Å². The first-order chi connectivity index (χ1) is 34.2. The number of fused-ring (bicyclic) bond motifs is 13. The number of anilines is 3. The van der Waals surface area contributed by atoms with Gasteiger partial charge in [-0.1, -0.05) is 200 Å². The smallest absolute Gasteiger partial charge is 0.0725 e. The zero-order valence-electron chi connectivity index (χ0n) is 37.8. The summed E-state index contributed by atoms with van der Waals surface area (Å²) in [6.45, 7) is 0. The van der Waals surface area contributed by atoms with Crippen molar-refractivity contribution in [1.82, 2.24) is 4.98 Å². The molecule has 0 fully saturated rings. The molecule has 0 saturated carbocycles. The minimum Gasteiger partial charge on any atom is -0.354 e. The summed E-state index contributed by atoms with van der Waals surface area (Å²) < 4.78 is 0. The Morgan fingerprint density at radius 2 is 0.609 bits per heavy atom. The fraction of sp³-hybridized carbons (Fsp3) is 0.0149. The number of benzene rings is 11. The largest absolute Gasteiger partial charge is 0.354 e. The number of para-hydroxylation sites is 1. The Labute approximate surface area is 402 Å². The molecule has 0 saturated heterocycles. The normalized spacial score (nSPS) is 14.1. The van der Waals surface area contributed by atoms with Crippen molar-refractivity contribution in [3.05, 3.63) is 283 Å². The molecule has 11 aromatic carbocycles. The molecule has 2 aliphatic carbocycles. The molecular weight excluding hydrogens is 833 g/mol. The lowest BCUT2D eigenvalue weighted by atomic mass is 9.70. The minimum atomic E-state index is -0.398. The van der Waals surface area contributed by atoms with Crippen LogP contribution in [0.4, 0.5) is 17.1 Å². The summed E-state index contributed by atoms with van der Waals surface area (Å²) in [6, 6.07) is 96.1. The third-order valence-electron chi connectivity index (χ3n) is 14.9. The molecule has 322 valence electrons. The predicted octanol–water partition coefficient (Wildman–Crippen LogP) is 17.8. The maximum absolute atomic E-state index is 3.63. The molecule has 1 heterocycles. The van der Waals surface area contributed by atoms with E-state index in [0.717, 1.165) is 28.1 Å². The van der Waals surface area contributed by atoms with Gasteiger partial charge in [0.2, 0.25) is 0 Å². The van der Waals surface area contributed by atoms with Gasteiger partial charge in [0.05, 0.1) is 5.41 Å². The van der Waals surface area contributed by atoms with Crippen molar-refractivity contribution in [3.63, 3.8) is 0 Å². The molecule has 1 unspecified atom stereocenters. The molecule has 1 N–H and O–H groups in total. The predicted molar refractivity (Wildman–Crippen MR) is 289 cm³/mol. The van der Waals surface area contributed by atoms with Crippen LogP contribution in [-0.2, 0) is 5.41 Å². The van der Waals surface area contributed by atoms with Gasteiger partial charge in [0.15, 0.2) is 0 Å². The van der Waals surface area contributed by atoms with Crippen LogP contribution in [0.5, 0.6) is 0 Å². The van der Waals surface area contributed by atoms with Crippen molar-refractivity contribution in [3.8, 4) is 66.8 Å². The molecule has 1 spiro atoms. The second-order valence-corrected chi connectivity index (χ2v) is 18.5. The van der Waals surface area contributed by atoms with E-state index in [0.29, 0.717) is 0 Å². The summed E-state index contributed by atoms with van der Waals surface area (Å²) in [5.74, 6) is 0.